The van der Waals surface area contributed by atoms with E-state index in [1.54, 1.807) is 24.5 Å². The Morgan fingerprint density at radius 2 is 1.90 bits per heavy atom. The topological polar surface area (TPSA) is 116 Å². The van der Waals surface area contributed by atoms with Crippen LogP contribution in [0.1, 0.15) is 5.56 Å². The van der Waals surface area contributed by atoms with Crippen molar-refractivity contribution in [2.45, 2.75) is 11.3 Å². The number of likely N-dealkylation sites (N-methyl/N-ethyl adjacent to an activating group) is 1. The van der Waals surface area contributed by atoms with Crippen molar-refractivity contribution in [1.82, 2.24) is 19.3 Å². The van der Waals surface area contributed by atoms with Crippen LogP contribution in [0.2, 0.25) is 0 Å². The Balaban J connectivity index is 2.19. The third kappa shape index (κ3) is 3.44. The van der Waals surface area contributed by atoms with Gasteiger partial charge in [-0.25, -0.2) is 17.5 Å². The van der Waals surface area contributed by atoms with Gasteiger partial charge in [0.25, 0.3) is 5.56 Å². The number of rotatable bonds is 5. The van der Waals surface area contributed by atoms with E-state index < -0.39 is 26.2 Å². The van der Waals surface area contributed by atoms with Crippen molar-refractivity contribution in [2.24, 2.45) is 0 Å². The molecule has 112 valence electrons. The van der Waals surface area contributed by atoms with E-state index in [4.69, 9.17) is 0 Å². The molecule has 0 saturated heterocycles. The number of pyridine rings is 1. The van der Waals surface area contributed by atoms with E-state index in [0.717, 1.165) is 16.1 Å². The van der Waals surface area contributed by atoms with Crippen molar-refractivity contribution in [3.63, 3.8) is 0 Å². The van der Waals surface area contributed by atoms with Crippen molar-refractivity contribution in [2.75, 3.05) is 13.6 Å². The maximum Gasteiger partial charge on any atom is 0.325 e. The molecule has 2 heterocycles. The Bertz CT molecular complexity index is 826. The van der Waals surface area contributed by atoms with Gasteiger partial charge in [0.05, 0.1) is 0 Å². The highest BCUT2D eigenvalue weighted by atomic mass is 32.2. The summed E-state index contributed by atoms with van der Waals surface area (Å²) in [5.74, 6) is 0. The highest BCUT2D eigenvalue weighted by Crippen LogP contribution is 2.09. The second kappa shape index (κ2) is 6.02. The fraction of sp³-hybridized carbons (Fsp3) is 0.250. The molecule has 2 aromatic heterocycles. The summed E-state index contributed by atoms with van der Waals surface area (Å²) < 4.78 is 25.6. The summed E-state index contributed by atoms with van der Waals surface area (Å²) >= 11 is 0. The average Bonchev–Trinajstić information content (AvgIpc) is 2.45. The van der Waals surface area contributed by atoms with Gasteiger partial charge in [-0.05, 0) is 24.1 Å². The smallest absolute Gasteiger partial charge is 0.313 e. The molecule has 0 radical (unpaired) electrons. The second-order valence-electron chi connectivity index (χ2n) is 4.37. The van der Waals surface area contributed by atoms with E-state index in [-0.39, 0.29) is 6.54 Å². The van der Waals surface area contributed by atoms with Gasteiger partial charge in [-0.3, -0.25) is 14.8 Å². The van der Waals surface area contributed by atoms with Crippen LogP contribution in [0.5, 0.6) is 0 Å². The van der Waals surface area contributed by atoms with Crippen LogP contribution in [0, 0.1) is 0 Å². The highest BCUT2D eigenvalue weighted by Gasteiger charge is 2.24. The van der Waals surface area contributed by atoms with E-state index in [1.807, 2.05) is 4.98 Å². The maximum atomic E-state index is 12.3. The van der Waals surface area contributed by atoms with Crippen LogP contribution in [0.15, 0.2) is 45.2 Å². The van der Waals surface area contributed by atoms with Crippen molar-refractivity contribution >= 4 is 10.0 Å². The molecular weight excluding hydrogens is 296 g/mol. The van der Waals surface area contributed by atoms with Crippen LogP contribution in [0.3, 0.4) is 0 Å². The van der Waals surface area contributed by atoms with E-state index in [9.17, 15) is 18.0 Å². The lowest BCUT2D eigenvalue weighted by Crippen LogP contribution is -2.35. The summed E-state index contributed by atoms with van der Waals surface area (Å²) in [7, 11) is -2.58. The summed E-state index contributed by atoms with van der Waals surface area (Å²) in [5, 5.41) is 0. The molecular formula is C12H14N4O4S. The zero-order valence-electron chi connectivity index (χ0n) is 11.2. The fourth-order valence-electron chi connectivity index (χ4n) is 1.71. The number of aromatic amines is 2. The third-order valence-electron chi connectivity index (χ3n) is 2.94. The molecule has 9 heteroatoms. The Morgan fingerprint density at radius 1 is 1.24 bits per heavy atom. The van der Waals surface area contributed by atoms with Gasteiger partial charge in [-0.1, -0.05) is 0 Å². The van der Waals surface area contributed by atoms with Crippen molar-refractivity contribution in [1.29, 1.82) is 0 Å². The van der Waals surface area contributed by atoms with Gasteiger partial charge in [0, 0.05) is 32.2 Å². The zero-order valence-corrected chi connectivity index (χ0v) is 12.1. The summed E-state index contributed by atoms with van der Waals surface area (Å²) in [6, 6.07) is 3.57. The summed E-state index contributed by atoms with van der Waals surface area (Å²) in [6.45, 7) is 0.199. The average molecular weight is 310 g/mol. The van der Waals surface area contributed by atoms with Gasteiger partial charge in [-0.15, -0.1) is 0 Å². The van der Waals surface area contributed by atoms with Crippen LogP contribution < -0.4 is 11.2 Å². The molecule has 0 amide bonds. The van der Waals surface area contributed by atoms with Crippen LogP contribution >= 0.6 is 0 Å². The number of hydrogen-bond acceptors (Lipinski definition) is 5. The summed E-state index contributed by atoms with van der Waals surface area (Å²) in [6.07, 6.45) is 4.63. The van der Waals surface area contributed by atoms with E-state index in [2.05, 4.69) is 9.97 Å². The molecule has 2 N–H and O–H groups in total. The molecule has 21 heavy (non-hydrogen) atoms. The van der Waals surface area contributed by atoms with Gasteiger partial charge >= 0.3 is 5.69 Å². The first kappa shape index (κ1) is 15.1. The normalized spacial score (nSPS) is 11.7. The zero-order chi connectivity index (χ0) is 15.5. The lowest BCUT2D eigenvalue weighted by atomic mass is 10.2. The fourth-order valence-corrected chi connectivity index (χ4v) is 2.87. The first-order valence-corrected chi connectivity index (χ1v) is 7.52. The number of nitrogens with one attached hydrogen (secondary N) is 2. The number of aromatic nitrogens is 3. The van der Waals surface area contributed by atoms with Gasteiger partial charge in [-0.2, -0.15) is 0 Å². The predicted octanol–water partition coefficient (Wildman–Crippen LogP) is -0.679. The van der Waals surface area contributed by atoms with E-state index >= 15 is 0 Å². The molecule has 0 aliphatic heterocycles. The van der Waals surface area contributed by atoms with Crippen LogP contribution in [0.4, 0.5) is 0 Å². The van der Waals surface area contributed by atoms with Crippen molar-refractivity contribution in [3.8, 4) is 0 Å². The minimum Gasteiger partial charge on any atom is -0.313 e. The molecule has 0 saturated carbocycles. The van der Waals surface area contributed by atoms with Gasteiger partial charge < -0.3 is 4.98 Å². The first-order chi connectivity index (χ1) is 9.91. The quantitative estimate of drug-likeness (QED) is 0.759. The van der Waals surface area contributed by atoms with Crippen molar-refractivity contribution < 1.29 is 8.42 Å². The highest BCUT2D eigenvalue weighted by molar-refractivity contribution is 7.89. The second-order valence-corrected chi connectivity index (χ2v) is 6.38. The first-order valence-electron chi connectivity index (χ1n) is 6.08. The molecule has 0 unspecified atom stereocenters. The molecule has 2 rings (SSSR count). The molecule has 0 aromatic carbocycles. The molecule has 0 atom stereocenters. The SMILES string of the molecule is CN(CCc1ccncc1)S(=O)(=O)c1c[nH]c(=O)[nH]c1=O. The Hall–Kier alpha value is -2.26. The van der Waals surface area contributed by atoms with Gasteiger partial charge in [0.1, 0.15) is 0 Å². The van der Waals surface area contributed by atoms with Gasteiger partial charge in [0.2, 0.25) is 10.0 Å². The molecule has 8 nitrogen and oxygen atoms in total. The number of H-pyrrole nitrogens is 2. The predicted molar refractivity (Wildman–Crippen MR) is 75.4 cm³/mol. The standard InChI is InChI=1S/C12H14N4O4S/c1-16(7-4-9-2-5-13-6-3-9)21(19,20)10-8-14-12(18)15-11(10)17/h2-3,5-6,8H,4,7H2,1H3,(H2,14,15,17,18). The Morgan fingerprint density at radius 3 is 2.52 bits per heavy atom. The molecule has 0 spiro atoms. The lowest BCUT2D eigenvalue weighted by molar-refractivity contribution is 0.471. The third-order valence-corrected chi connectivity index (χ3v) is 4.80. The minimum atomic E-state index is -3.95. The number of sulfonamides is 1. The number of nitrogens with zero attached hydrogens (tertiary/aromatic N) is 2. The van der Waals surface area contributed by atoms with Crippen molar-refractivity contribution in [3.05, 3.63) is 57.1 Å². The Labute approximate surface area is 120 Å². The lowest BCUT2D eigenvalue weighted by Gasteiger charge is -2.16. The summed E-state index contributed by atoms with van der Waals surface area (Å²) in [4.78, 5) is 29.9. The molecule has 2 aromatic rings. The van der Waals surface area contributed by atoms with Crippen LogP contribution in [-0.4, -0.2) is 41.3 Å². The van der Waals surface area contributed by atoms with E-state index in [0.29, 0.717) is 6.42 Å². The Kier molecular flexibility index (Phi) is 4.34. The van der Waals surface area contributed by atoms with E-state index in [1.165, 1.54) is 7.05 Å². The molecule has 0 aliphatic rings. The summed E-state index contributed by atoms with van der Waals surface area (Å²) in [5.41, 5.74) is -0.754. The monoisotopic (exact) mass is 310 g/mol. The molecule has 0 fully saturated rings. The number of hydrogen-bond donors (Lipinski definition) is 2. The molecule has 0 aliphatic carbocycles. The van der Waals surface area contributed by atoms with Gasteiger partial charge in [0.15, 0.2) is 4.90 Å². The van der Waals surface area contributed by atoms with Crippen LogP contribution in [-0.2, 0) is 16.4 Å². The van der Waals surface area contributed by atoms with Crippen LogP contribution in [0.25, 0.3) is 0 Å². The molecule has 0 bridgehead atoms. The maximum absolute atomic E-state index is 12.3. The largest absolute Gasteiger partial charge is 0.325 e. The minimum absolute atomic E-state index is 0.199.